The molecule has 1 aromatic rings. The number of halogens is 2. The van der Waals surface area contributed by atoms with Gasteiger partial charge in [-0.15, -0.1) is 0 Å². The second kappa shape index (κ2) is 5.98. The molecule has 17 heavy (non-hydrogen) atoms. The molecule has 0 bridgehead atoms. The number of carbonyl (C=O) groups excluding carboxylic acids is 1. The Labute approximate surface area is 105 Å². The van der Waals surface area contributed by atoms with E-state index in [1.807, 2.05) is 0 Å². The van der Waals surface area contributed by atoms with Gasteiger partial charge in [0.05, 0.1) is 12.2 Å². The van der Waals surface area contributed by atoms with Gasteiger partial charge in [0.15, 0.2) is 0 Å². The average Bonchev–Trinajstić information content (AvgIpc) is 2.24. The molecule has 1 aromatic carbocycles. The molecule has 0 unspecified atom stereocenters. The number of rotatable bonds is 4. The maximum Gasteiger partial charge on any atom is 0.257 e. The molecule has 3 nitrogen and oxygen atoms in total. The van der Waals surface area contributed by atoms with Crippen molar-refractivity contribution in [3.8, 4) is 0 Å². The second-order valence-electron chi connectivity index (χ2n) is 3.94. The van der Waals surface area contributed by atoms with Gasteiger partial charge in [-0.25, -0.2) is 4.39 Å². The van der Waals surface area contributed by atoms with Gasteiger partial charge in [-0.1, -0.05) is 11.6 Å². The van der Waals surface area contributed by atoms with Crippen molar-refractivity contribution in [2.45, 2.75) is 19.9 Å². The Kier molecular flexibility index (Phi) is 4.90. The maximum absolute atomic E-state index is 13.6. The van der Waals surface area contributed by atoms with E-state index in [2.05, 4.69) is 0 Å². The van der Waals surface area contributed by atoms with Crippen LogP contribution in [0, 0.1) is 5.82 Å². The fourth-order valence-electron chi connectivity index (χ4n) is 1.52. The number of aliphatic hydroxyl groups excluding tert-OH is 1. The first kappa shape index (κ1) is 13.9. The number of aliphatic hydroxyl groups is 1. The predicted octanol–water partition coefficient (Wildman–Crippen LogP) is 2.32. The highest BCUT2D eigenvalue weighted by Crippen LogP contribution is 2.17. The molecule has 0 saturated heterocycles. The molecule has 1 rings (SSSR count). The number of benzene rings is 1. The van der Waals surface area contributed by atoms with E-state index in [-0.39, 0.29) is 29.8 Å². The van der Waals surface area contributed by atoms with Crippen molar-refractivity contribution in [2.24, 2.45) is 0 Å². The molecule has 0 fully saturated rings. The van der Waals surface area contributed by atoms with Crippen LogP contribution in [0.5, 0.6) is 0 Å². The van der Waals surface area contributed by atoms with Gasteiger partial charge in [0.1, 0.15) is 5.82 Å². The Balaban J connectivity index is 3.01. The fraction of sp³-hybridized carbons (Fsp3) is 0.417. The Morgan fingerprint density at radius 2 is 2.18 bits per heavy atom. The minimum absolute atomic E-state index is 0.0310. The summed E-state index contributed by atoms with van der Waals surface area (Å²) in [6, 6.07) is 3.82. The lowest BCUT2D eigenvalue weighted by Crippen LogP contribution is -2.39. The summed E-state index contributed by atoms with van der Waals surface area (Å²) in [5, 5.41) is 9.13. The predicted molar refractivity (Wildman–Crippen MR) is 64.7 cm³/mol. The van der Waals surface area contributed by atoms with E-state index in [9.17, 15) is 9.18 Å². The standard InChI is InChI=1S/C12H15ClFNO2/c1-8(2)15(5-6-16)12(17)10-4-3-9(13)7-11(10)14/h3-4,7-8,16H,5-6H2,1-2H3. The third kappa shape index (κ3) is 3.41. The largest absolute Gasteiger partial charge is 0.395 e. The lowest BCUT2D eigenvalue weighted by atomic mass is 10.1. The van der Waals surface area contributed by atoms with Crippen LogP contribution in [-0.4, -0.2) is 35.1 Å². The summed E-state index contributed by atoms with van der Waals surface area (Å²) in [5.41, 5.74) is -0.0310. The van der Waals surface area contributed by atoms with Gasteiger partial charge in [-0.3, -0.25) is 4.79 Å². The maximum atomic E-state index is 13.6. The third-order valence-electron chi connectivity index (χ3n) is 2.39. The van der Waals surface area contributed by atoms with Crippen molar-refractivity contribution >= 4 is 17.5 Å². The zero-order valence-corrected chi connectivity index (χ0v) is 10.5. The molecule has 0 aliphatic heterocycles. The number of hydrogen-bond acceptors (Lipinski definition) is 2. The van der Waals surface area contributed by atoms with Crippen molar-refractivity contribution in [3.63, 3.8) is 0 Å². The molecule has 0 saturated carbocycles. The van der Waals surface area contributed by atoms with E-state index in [1.54, 1.807) is 13.8 Å². The fourth-order valence-corrected chi connectivity index (χ4v) is 1.68. The first-order chi connectivity index (χ1) is 7.97. The van der Waals surface area contributed by atoms with E-state index < -0.39 is 11.7 Å². The van der Waals surface area contributed by atoms with Gasteiger partial charge in [0, 0.05) is 17.6 Å². The van der Waals surface area contributed by atoms with Crippen LogP contribution in [0.2, 0.25) is 5.02 Å². The molecule has 1 amide bonds. The van der Waals surface area contributed by atoms with Gasteiger partial charge >= 0.3 is 0 Å². The zero-order chi connectivity index (χ0) is 13.0. The molecule has 0 radical (unpaired) electrons. The Hall–Kier alpha value is -1.13. The monoisotopic (exact) mass is 259 g/mol. The Morgan fingerprint density at radius 1 is 1.53 bits per heavy atom. The molecule has 94 valence electrons. The van der Waals surface area contributed by atoms with Gasteiger partial charge in [-0.05, 0) is 32.0 Å². The first-order valence-electron chi connectivity index (χ1n) is 5.34. The third-order valence-corrected chi connectivity index (χ3v) is 2.62. The summed E-state index contributed by atoms with van der Waals surface area (Å²) in [7, 11) is 0. The first-order valence-corrected chi connectivity index (χ1v) is 5.72. The summed E-state index contributed by atoms with van der Waals surface area (Å²) in [6.07, 6.45) is 0. The highest BCUT2D eigenvalue weighted by Gasteiger charge is 2.21. The lowest BCUT2D eigenvalue weighted by molar-refractivity contribution is 0.0660. The quantitative estimate of drug-likeness (QED) is 0.902. The van der Waals surface area contributed by atoms with Crippen LogP contribution in [0.4, 0.5) is 4.39 Å². The van der Waals surface area contributed by atoms with Crippen LogP contribution >= 0.6 is 11.6 Å². The van der Waals surface area contributed by atoms with E-state index in [4.69, 9.17) is 16.7 Å². The highest BCUT2D eigenvalue weighted by molar-refractivity contribution is 6.30. The molecule has 0 aliphatic carbocycles. The lowest BCUT2D eigenvalue weighted by Gasteiger charge is -2.26. The molecule has 0 atom stereocenters. The van der Waals surface area contributed by atoms with Crippen molar-refractivity contribution in [2.75, 3.05) is 13.2 Å². The smallest absolute Gasteiger partial charge is 0.257 e. The van der Waals surface area contributed by atoms with Crippen LogP contribution in [0.1, 0.15) is 24.2 Å². The molecule has 0 aliphatic rings. The molecule has 0 aromatic heterocycles. The van der Waals surface area contributed by atoms with Gasteiger partial charge < -0.3 is 10.0 Å². The highest BCUT2D eigenvalue weighted by atomic mass is 35.5. The molecular formula is C12H15ClFNO2. The van der Waals surface area contributed by atoms with Gasteiger partial charge in [0.25, 0.3) is 5.91 Å². The van der Waals surface area contributed by atoms with Crippen LogP contribution in [0.3, 0.4) is 0 Å². The van der Waals surface area contributed by atoms with Crippen molar-refractivity contribution in [3.05, 3.63) is 34.6 Å². The van der Waals surface area contributed by atoms with Crippen LogP contribution in [0.25, 0.3) is 0 Å². The SMILES string of the molecule is CC(C)N(CCO)C(=O)c1ccc(Cl)cc1F. The molecule has 1 N–H and O–H groups in total. The zero-order valence-electron chi connectivity index (χ0n) is 9.78. The number of carbonyl (C=O) groups is 1. The Bertz CT molecular complexity index is 409. The van der Waals surface area contributed by atoms with Crippen molar-refractivity contribution in [1.82, 2.24) is 4.90 Å². The Morgan fingerprint density at radius 3 is 2.65 bits per heavy atom. The topological polar surface area (TPSA) is 40.5 Å². The summed E-state index contributed by atoms with van der Waals surface area (Å²) in [6.45, 7) is 3.64. The van der Waals surface area contributed by atoms with Gasteiger partial charge in [-0.2, -0.15) is 0 Å². The summed E-state index contributed by atoms with van der Waals surface area (Å²) >= 11 is 5.62. The van der Waals surface area contributed by atoms with Crippen molar-refractivity contribution in [1.29, 1.82) is 0 Å². The minimum atomic E-state index is -0.647. The van der Waals surface area contributed by atoms with Gasteiger partial charge in [0.2, 0.25) is 0 Å². The van der Waals surface area contributed by atoms with E-state index in [0.29, 0.717) is 0 Å². The van der Waals surface area contributed by atoms with E-state index >= 15 is 0 Å². The van der Waals surface area contributed by atoms with Crippen molar-refractivity contribution < 1.29 is 14.3 Å². The van der Waals surface area contributed by atoms with Crippen LogP contribution in [-0.2, 0) is 0 Å². The van der Waals surface area contributed by atoms with Crippen LogP contribution in [0.15, 0.2) is 18.2 Å². The normalized spacial score (nSPS) is 10.7. The molecule has 0 spiro atoms. The van der Waals surface area contributed by atoms with E-state index in [0.717, 1.165) is 6.07 Å². The molecule has 5 heteroatoms. The average molecular weight is 260 g/mol. The summed E-state index contributed by atoms with van der Waals surface area (Å²) in [5.74, 6) is -1.09. The van der Waals surface area contributed by atoms with Crippen LogP contribution < -0.4 is 0 Å². The molecule has 0 heterocycles. The number of hydrogen-bond donors (Lipinski definition) is 1. The number of amides is 1. The number of nitrogens with zero attached hydrogens (tertiary/aromatic N) is 1. The summed E-state index contributed by atoms with van der Waals surface area (Å²) in [4.78, 5) is 13.4. The second-order valence-corrected chi connectivity index (χ2v) is 4.38. The van der Waals surface area contributed by atoms with E-state index in [1.165, 1.54) is 17.0 Å². The minimum Gasteiger partial charge on any atom is -0.395 e. The molecular weight excluding hydrogens is 245 g/mol. The summed E-state index contributed by atoms with van der Waals surface area (Å²) < 4.78 is 13.6.